The molecule has 0 aliphatic carbocycles. The number of benzene rings is 3. The van der Waals surface area contributed by atoms with Gasteiger partial charge in [0, 0.05) is 28.0 Å². The van der Waals surface area contributed by atoms with E-state index in [9.17, 15) is 0 Å². The molecule has 6 nitrogen and oxygen atoms in total. The van der Waals surface area contributed by atoms with Gasteiger partial charge in [0.15, 0.2) is 0 Å². The molecule has 2 aromatic heterocycles. The number of anilines is 1. The average molecular weight is 527 g/mol. The number of fused-ring (bicyclic) bond motifs is 1. The van der Waals surface area contributed by atoms with Crippen LogP contribution in [0.5, 0.6) is 11.5 Å². The molecule has 0 saturated heterocycles. The van der Waals surface area contributed by atoms with E-state index >= 15 is 0 Å². The van der Waals surface area contributed by atoms with Crippen molar-refractivity contribution in [1.29, 1.82) is 0 Å². The number of thiophene rings is 1. The Bertz CT molecular complexity index is 1610. The molecular formula is C29H23ClN4O2S. The first kappa shape index (κ1) is 23.5. The van der Waals surface area contributed by atoms with Crippen molar-refractivity contribution in [2.24, 2.45) is 5.10 Å². The largest absolute Gasteiger partial charge is 0.497 e. The molecule has 6 rings (SSSR count). The number of hydrogen-bond acceptors (Lipinski definition) is 7. The second kappa shape index (κ2) is 9.84. The molecule has 0 N–H and O–H groups in total. The maximum atomic E-state index is 6.37. The van der Waals surface area contributed by atoms with Crippen molar-refractivity contribution in [1.82, 2.24) is 9.97 Å². The molecular weight excluding hydrogens is 504 g/mol. The fraction of sp³-hybridized carbons (Fsp3) is 0.138. The Morgan fingerprint density at radius 2 is 1.78 bits per heavy atom. The minimum atomic E-state index is -0.185. The van der Waals surface area contributed by atoms with Crippen molar-refractivity contribution < 1.29 is 9.47 Å². The SMILES string of the molecule is COc1ccc(OC)c(C2CC(c3cccs3)=NN2c2nc(-c3ccccc3)c3cc(Cl)ccc3n2)c1. The van der Waals surface area contributed by atoms with Gasteiger partial charge in [-0.25, -0.2) is 15.0 Å². The van der Waals surface area contributed by atoms with Crippen LogP contribution >= 0.6 is 22.9 Å². The van der Waals surface area contributed by atoms with Gasteiger partial charge in [-0.1, -0.05) is 48.0 Å². The van der Waals surface area contributed by atoms with Gasteiger partial charge in [-0.2, -0.15) is 5.10 Å². The quantitative estimate of drug-likeness (QED) is 0.231. The standard InChI is InChI=1S/C29H23ClN4O2S/c1-35-20-11-13-26(36-2)22(16-20)25-17-24(27-9-6-14-37-27)33-34(25)29-31-23-12-10-19(30)15-21(23)28(32-29)18-7-4-3-5-8-18/h3-16,25H,17H2,1-2H3. The summed E-state index contributed by atoms with van der Waals surface area (Å²) < 4.78 is 11.3. The molecule has 0 saturated carbocycles. The average Bonchev–Trinajstić information content (AvgIpc) is 3.63. The zero-order valence-electron chi connectivity index (χ0n) is 20.3. The Labute approximate surface area is 223 Å². The van der Waals surface area contributed by atoms with Gasteiger partial charge in [-0.3, -0.25) is 0 Å². The maximum absolute atomic E-state index is 6.37. The minimum absolute atomic E-state index is 0.185. The lowest BCUT2D eigenvalue weighted by atomic mass is 10.00. The van der Waals surface area contributed by atoms with Crippen molar-refractivity contribution in [3.8, 4) is 22.8 Å². The molecule has 5 aromatic rings. The van der Waals surface area contributed by atoms with Crippen molar-refractivity contribution in [2.75, 3.05) is 19.2 Å². The van der Waals surface area contributed by atoms with Crippen LogP contribution in [0.2, 0.25) is 5.02 Å². The van der Waals surface area contributed by atoms with Crippen molar-refractivity contribution in [2.45, 2.75) is 12.5 Å². The van der Waals surface area contributed by atoms with E-state index < -0.39 is 0 Å². The first-order chi connectivity index (χ1) is 18.1. The molecule has 0 bridgehead atoms. The molecule has 1 aliphatic rings. The summed E-state index contributed by atoms with van der Waals surface area (Å²) in [5.74, 6) is 2.02. The summed E-state index contributed by atoms with van der Waals surface area (Å²) >= 11 is 8.04. The number of methoxy groups -OCH3 is 2. The van der Waals surface area contributed by atoms with Gasteiger partial charge in [0.1, 0.15) is 11.5 Å². The molecule has 0 amide bonds. The molecule has 0 fully saturated rings. The van der Waals surface area contributed by atoms with Crippen LogP contribution < -0.4 is 14.5 Å². The van der Waals surface area contributed by atoms with Crippen LogP contribution in [0.25, 0.3) is 22.2 Å². The summed E-state index contributed by atoms with van der Waals surface area (Å²) in [4.78, 5) is 11.1. The van der Waals surface area contributed by atoms with E-state index in [-0.39, 0.29) is 6.04 Å². The molecule has 0 spiro atoms. The zero-order valence-corrected chi connectivity index (χ0v) is 21.8. The van der Waals surface area contributed by atoms with Crippen LogP contribution in [0.1, 0.15) is 22.9 Å². The van der Waals surface area contributed by atoms with Crippen LogP contribution in [0.15, 0.2) is 89.3 Å². The number of hydrogen-bond donors (Lipinski definition) is 0. The molecule has 1 aliphatic heterocycles. The normalized spacial score (nSPS) is 15.2. The third kappa shape index (κ3) is 4.41. The van der Waals surface area contributed by atoms with Gasteiger partial charge in [0.05, 0.1) is 42.1 Å². The van der Waals surface area contributed by atoms with E-state index in [1.54, 1.807) is 25.6 Å². The first-order valence-electron chi connectivity index (χ1n) is 11.8. The number of halogens is 1. The number of aromatic nitrogens is 2. The van der Waals surface area contributed by atoms with Crippen LogP contribution in [0.4, 0.5) is 5.95 Å². The summed E-state index contributed by atoms with van der Waals surface area (Å²) in [6.07, 6.45) is 0.673. The highest BCUT2D eigenvalue weighted by Gasteiger charge is 2.34. The summed E-state index contributed by atoms with van der Waals surface area (Å²) in [5, 5.41) is 10.6. The second-order valence-electron chi connectivity index (χ2n) is 8.60. The number of ether oxygens (including phenoxy) is 2. The van der Waals surface area contributed by atoms with Crippen molar-refractivity contribution >= 4 is 45.5 Å². The summed E-state index contributed by atoms with van der Waals surface area (Å²) in [7, 11) is 3.34. The monoisotopic (exact) mass is 526 g/mol. The number of rotatable bonds is 6. The lowest BCUT2D eigenvalue weighted by molar-refractivity contribution is 0.395. The van der Waals surface area contributed by atoms with Gasteiger partial charge < -0.3 is 9.47 Å². The molecule has 3 heterocycles. The van der Waals surface area contributed by atoms with E-state index in [4.69, 9.17) is 36.1 Å². The second-order valence-corrected chi connectivity index (χ2v) is 9.98. The molecule has 184 valence electrons. The Hall–Kier alpha value is -3.94. The fourth-order valence-corrected chi connectivity index (χ4v) is 5.53. The summed E-state index contributed by atoms with van der Waals surface area (Å²) in [6, 6.07) is 25.5. The topological polar surface area (TPSA) is 59.8 Å². The molecule has 1 unspecified atom stereocenters. The Balaban J connectivity index is 1.56. The van der Waals surface area contributed by atoms with Crippen LogP contribution in [-0.2, 0) is 0 Å². The fourth-order valence-electron chi connectivity index (χ4n) is 4.64. The van der Waals surface area contributed by atoms with Crippen LogP contribution in [-0.4, -0.2) is 29.9 Å². The smallest absolute Gasteiger partial charge is 0.247 e. The van der Waals surface area contributed by atoms with Gasteiger partial charge >= 0.3 is 0 Å². The van der Waals surface area contributed by atoms with E-state index in [2.05, 4.69) is 11.4 Å². The van der Waals surface area contributed by atoms with E-state index in [0.29, 0.717) is 17.4 Å². The highest BCUT2D eigenvalue weighted by atomic mass is 35.5. The van der Waals surface area contributed by atoms with E-state index in [1.807, 2.05) is 77.8 Å². The Kier molecular flexibility index (Phi) is 6.24. The van der Waals surface area contributed by atoms with Gasteiger partial charge in [0.2, 0.25) is 5.95 Å². The lowest BCUT2D eigenvalue weighted by Crippen LogP contribution is -2.22. The van der Waals surface area contributed by atoms with Crippen LogP contribution in [0.3, 0.4) is 0 Å². The van der Waals surface area contributed by atoms with Gasteiger partial charge in [0.25, 0.3) is 0 Å². The lowest BCUT2D eigenvalue weighted by Gasteiger charge is -2.24. The molecule has 1 atom stereocenters. The highest BCUT2D eigenvalue weighted by Crippen LogP contribution is 2.42. The van der Waals surface area contributed by atoms with E-state index in [0.717, 1.165) is 49.8 Å². The first-order valence-corrected chi connectivity index (χ1v) is 13.1. The van der Waals surface area contributed by atoms with Gasteiger partial charge in [-0.05, 0) is 47.8 Å². The third-order valence-corrected chi connectivity index (χ3v) is 7.56. The number of hydrazone groups is 1. The molecule has 0 radical (unpaired) electrons. The van der Waals surface area contributed by atoms with Crippen molar-refractivity contribution in [3.05, 3.63) is 99.7 Å². The molecule has 3 aromatic carbocycles. The predicted molar refractivity (Wildman–Crippen MR) is 150 cm³/mol. The number of nitrogens with zero attached hydrogens (tertiary/aromatic N) is 4. The summed E-state index contributed by atoms with van der Waals surface area (Å²) in [6.45, 7) is 0. The van der Waals surface area contributed by atoms with Gasteiger partial charge in [-0.15, -0.1) is 11.3 Å². The van der Waals surface area contributed by atoms with E-state index in [1.165, 1.54) is 0 Å². The third-order valence-electron chi connectivity index (χ3n) is 6.41. The summed E-state index contributed by atoms with van der Waals surface area (Å²) in [5.41, 5.74) is 4.52. The maximum Gasteiger partial charge on any atom is 0.247 e. The van der Waals surface area contributed by atoms with Crippen molar-refractivity contribution in [3.63, 3.8) is 0 Å². The molecule has 37 heavy (non-hydrogen) atoms. The Morgan fingerprint density at radius 1 is 0.919 bits per heavy atom. The minimum Gasteiger partial charge on any atom is -0.497 e. The van der Waals surface area contributed by atoms with Crippen LogP contribution in [0, 0.1) is 0 Å². The zero-order chi connectivity index (χ0) is 25.4. The Morgan fingerprint density at radius 3 is 2.54 bits per heavy atom. The predicted octanol–water partition coefficient (Wildman–Crippen LogP) is 7.38. The molecule has 8 heteroatoms. The highest BCUT2D eigenvalue weighted by molar-refractivity contribution is 7.12.